The number of halogens is 1. The Labute approximate surface area is 131 Å². The Morgan fingerprint density at radius 3 is 2.68 bits per heavy atom. The molecule has 0 aliphatic rings. The van der Waals surface area contributed by atoms with Gasteiger partial charge >= 0.3 is 6.03 Å². The van der Waals surface area contributed by atoms with Crippen molar-refractivity contribution in [3.8, 4) is 0 Å². The Kier molecular flexibility index (Phi) is 3.84. The number of urea groups is 1. The molecule has 3 rings (SSSR count). The van der Waals surface area contributed by atoms with Crippen LogP contribution in [0.15, 0.2) is 42.5 Å². The molecule has 7 heteroatoms. The van der Waals surface area contributed by atoms with Crippen LogP contribution in [0.4, 0.5) is 16.6 Å². The summed E-state index contributed by atoms with van der Waals surface area (Å²) in [5, 5.41) is 6.43. The van der Waals surface area contributed by atoms with Gasteiger partial charge in [-0.2, -0.15) is 0 Å². The van der Waals surface area contributed by atoms with Crippen molar-refractivity contribution in [1.82, 2.24) is 15.0 Å². The lowest BCUT2D eigenvalue weighted by Crippen LogP contribution is -2.21. The predicted molar refractivity (Wildman–Crippen MR) is 86.2 cm³/mol. The molecule has 0 aliphatic carbocycles. The second-order valence-electron chi connectivity index (χ2n) is 4.62. The van der Waals surface area contributed by atoms with Crippen molar-refractivity contribution >= 4 is 40.3 Å². The minimum atomic E-state index is -0.482. The molecule has 0 fully saturated rings. The van der Waals surface area contributed by atoms with Crippen LogP contribution < -0.4 is 10.6 Å². The van der Waals surface area contributed by atoms with Gasteiger partial charge in [-0.15, -0.1) is 0 Å². The molecule has 0 saturated carbocycles. The largest absolute Gasteiger partial charge is 0.327 e. The molecule has 2 heterocycles. The van der Waals surface area contributed by atoms with E-state index in [1.54, 1.807) is 19.1 Å². The average Bonchev–Trinajstić information content (AvgIpc) is 2.45. The number of aryl methyl sites for hydroxylation is 1. The van der Waals surface area contributed by atoms with Crippen LogP contribution in [0.3, 0.4) is 0 Å². The first kappa shape index (κ1) is 14.2. The summed E-state index contributed by atoms with van der Waals surface area (Å²) in [7, 11) is 0. The van der Waals surface area contributed by atoms with Gasteiger partial charge in [0.15, 0.2) is 0 Å². The molecule has 6 nitrogen and oxygen atoms in total. The molecular weight excluding hydrogens is 302 g/mol. The maximum absolute atomic E-state index is 12.0. The molecule has 0 radical (unpaired) electrons. The van der Waals surface area contributed by atoms with Crippen molar-refractivity contribution < 1.29 is 4.79 Å². The molecule has 0 spiro atoms. The fraction of sp³-hybridized carbons (Fsp3) is 0.0667. The van der Waals surface area contributed by atoms with Gasteiger partial charge in [-0.05, 0) is 31.2 Å². The van der Waals surface area contributed by atoms with Crippen LogP contribution in [0, 0.1) is 6.92 Å². The molecular formula is C15H12ClN5O. The molecule has 2 amide bonds. The van der Waals surface area contributed by atoms with Gasteiger partial charge in [-0.25, -0.2) is 19.7 Å². The highest BCUT2D eigenvalue weighted by Gasteiger charge is 2.07. The van der Waals surface area contributed by atoms with Crippen molar-refractivity contribution in [3.05, 3.63) is 53.3 Å². The van der Waals surface area contributed by atoms with Crippen LogP contribution in [-0.2, 0) is 0 Å². The highest BCUT2D eigenvalue weighted by Crippen LogP contribution is 2.15. The summed E-state index contributed by atoms with van der Waals surface area (Å²) in [5.41, 5.74) is 1.47. The molecule has 3 aromatic rings. The lowest BCUT2D eigenvalue weighted by molar-refractivity contribution is 0.262. The van der Waals surface area contributed by atoms with E-state index < -0.39 is 6.03 Å². The van der Waals surface area contributed by atoms with Crippen LogP contribution in [-0.4, -0.2) is 21.0 Å². The number of para-hydroxylation sites is 1. The first-order valence-electron chi connectivity index (χ1n) is 6.55. The van der Waals surface area contributed by atoms with Crippen molar-refractivity contribution in [2.24, 2.45) is 0 Å². The Bertz CT molecular complexity index is 832. The number of amides is 2. The van der Waals surface area contributed by atoms with E-state index in [9.17, 15) is 4.79 Å². The van der Waals surface area contributed by atoms with Gasteiger partial charge in [0.25, 0.3) is 0 Å². The molecule has 2 N–H and O–H groups in total. The zero-order chi connectivity index (χ0) is 15.5. The third-order valence-electron chi connectivity index (χ3n) is 2.89. The van der Waals surface area contributed by atoms with E-state index in [-0.39, 0.29) is 11.1 Å². The maximum atomic E-state index is 12.0. The summed E-state index contributed by atoms with van der Waals surface area (Å²) in [6.45, 7) is 1.77. The molecule has 0 aliphatic heterocycles. The van der Waals surface area contributed by atoms with Crippen molar-refractivity contribution in [2.45, 2.75) is 6.92 Å². The van der Waals surface area contributed by atoms with Crippen LogP contribution in [0.2, 0.25) is 5.15 Å². The van der Waals surface area contributed by atoms with Crippen molar-refractivity contribution in [1.29, 1.82) is 0 Å². The smallest absolute Gasteiger partial charge is 0.292 e. The quantitative estimate of drug-likeness (QED) is 0.708. The number of fused-ring (bicyclic) bond motifs is 1. The fourth-order valence-electron chi connectivity index (χ4n) is 1.97. The lowest BCUT2D eigenvalue weighted by Gasteiger charge is -2.07. The average molecular weight is 314 g/mol. The van der Waals surface area contributed by atoms with Crippen molar-refractivity contribution in [2.75, 3.05) is 10.6 Å². The van der Waals surface area contributed by atoms with E-state index in [2.05, 4.69) is 25.6 Å². The first-order valence-corrected chi connectivity index (χ1v) is 6.93. The number of pyridine rings is 1. The van der Waals surface area contributed by atoms with Gasteiger partial charge in [0.1, 0.15) is 11.0 Å². The standard InChI is InChI=1S/C15H12ClN5O/c1-9-8-12(16)19-14(17-9)21-15(22)20-13-7-6-10-4-2-3-5-11(10)18-13/h2-8H,1H3,(H2,17,18,19,20,21,22). The highest BCUT2D eigenvalue weighted by molar-refractivity contribution is 6.29. The van der Waals surface area contributed by atoms with E-state index in [1.165, 1.54) is 0 Å². The number of aromatic nitrogens is 3. The molecule has 1 aromatic carbocycles. The van der Waals surface area contributed by atoms with Crippen LogP contribution in [0.1, 0.15) is 5.69 Å². The van der Waals surface area contributed by atoms with Crippen LogP contribution in [0.5, 0.6) is 0 Å². The molecule has 0 bridgehead atoms. The summed E-state index contributed by atoms with van der Waals surface area (Å²) in [5.74, 6) is 0.582. The number of nitrogens with zero attached hydrogens (tertiary/aromatic N) is 3. The third kappa shape index (κ3) is 3.29. The number of hydrogen-bond acceptors (Lipinski definition) is 4. The van der Waals surface area contributed by atoms with E-state index in [0.717, 1.165) is 10.9 Å². The number of benzene rings is 1. The normalized spacial score (nSPS) is 10.5. The summed E-state index contributed by atoms with van der Waals surface area (Å²) in [4.78, 5) is 24.3. The third-order valence-corrected chi connectivity index (χ3v) is 3.08. The second kappa shape index (κ2) is 5.95. The highest BCUT2D eigenvalue weighted by atomic mass is 35.5. The SMILES string of the molecule is Cc1cc(Cl)nc(NC(=O)Nc2ccc3ccccc3n2)n1. The van der Waals surface area contributed by atoms with E-state index >= 15 is 0 Å². The fourth-order valence-corrected chi connectivity index (χ4v) is 2.21. The van der Waals surface area contributed by atoms with Gasteiger partial charge in [-0.1, -0.05) is 29.8 Å². The van der Waals surface area contributed by atoms with E-state index in [1.807, 2.05) is 30.3 Å². The first-order chi connectivity index (χ1) is 10.6. The molecule has 0 unspecified atom stereocenters. The Morgan fingerprint density at radius 1 is 1.05 bits per heavy atom. The van der Waals surface area contributed by atoms with Gasteiger partial charge in [-0.3, -0.25) is 10.6 Å². The summed E-state index contributed by atoms with van der Waals surface area (Å²) in [6, 6.07) is 12.4. The maximum Gasteiger partial charge on any atom is 0.327 e. The zero-order valence-electron chi connectivity index (χ0n) is 11.7. The van der Waals surface area contributed by atoms with Gasteiger partial charge in [0, 0.05) is 11.1 Å². The zero-order valence-corrected chi connectivity index (χ0v) is 12.4. The lowest BCUT2D eigenvalue weighted by atomic mass is 10.2. The topological polar surface area (TPSA) is 79.8 Å². The molecule has 22 heavy (non-hydrogen) atoms. The van der Waals surface area contributed by atoms with Crippen LogP contribution in [0.25, 0.3) is 10.9 Å². The molecule has 2 aromatic heterocycles. The monoisotopic (exact) mass is 313 g/mol. The van der Waals surface area contributed by atoms with Crippen LogP contribution >= 0.6 is 11.6 Å². The Hall–Kier alpha value is -2.73. The van der Waals surface area contributed by atoms with Gasteiger partial charge in [0.2, 0.25) is 5.95 Å². The molecule has 0 saturated heterocycles. The number of hydrogen-bond donors (Lipinski definition) is 2. The Morgan fingerprint density at radius 2 is 1.86 bits per heavy atom. The van der Waals surface area contributed by atoms with Gasteiger partial charge < -0.3 is 0 Å². The second-order valence-corrected chi connectivity index (χ2v) is 5.01. The summed E-state index contributed by atoms with van der Waals surface area (Å²) < 4.78 is 0. The number of rotatable bonds is 2. The van der Waals surface area contributed by atoms with E-state index in [0.29, 0.717) is 11.5 Å². The predicted octanol–water partition coefficient (Wildman–Crippen LogP) is 3.63. The minimum Gasteiger partial charge on any atom is -0.292 e. The molecule has 110 valence electrons. The number of nitrogens with one attached hydrogen (secondary N) is 2. The molecule has 0 atom stereocenters. The van der Waals surface area contributed by atoms with Gasteiger partial charge in [0.05, 0.1) is 5.52 Å². The number of anilines is 2. The summed E-state index contributed by atoms with van der Waals surface area (Å²) >= 11 is 5.82. The van der Waals surface area contributed by atoms with Crippen molar-refractivity contribution in [3.63, 3.8) is 0 Å². The summed E-state index contributed by atoms with van der Waals surface area (Å²) in [6.07, 6.45) is 0. The number of carbonyl (C=O) groups excluding carboxylic acids is 1. The Balaban J connectivity index is 1.75. The van der Waals surface area contributed by atoms with E-state index in [4.69, 9.17) is 11.6 Å². The minimum absolute atomic E-state index is 0.142. The number of carbonyl (C=O) groups is 1.